The van der Waals surface area contributed by atoms with E-state index in [1.54, 1.807) is 0 Å². The summed E-state index contributed by atoms with van der Waals surface area (Å²) in [6, 6.07) is 0. The summed E-state index contributed by atoms with van der Waals surface area (Å²) in [5.41, 5.74) is 0. The van der Waals surface area contributed by atoms with Gasteiger partial charge in [0.15, 0.2) is 0 Å². The normalized spacial score (nSPS) is 0. The molecule has 0 unspecified atom stereocenters. The maximum atomic E-state index is 0. The van der Waals surface area contributed by atoms with Crippen molar-refractivity contribution < 1.29 is 49.1 Å². The van der Waals surface area contributed by atoms with Gasteiger partial charge in [0, 0.05) is 0 Å². The van der Waals surface area contributed by atoms with E-state index in [0.717, 1.165) is 0 Å². The van der Waals surface area contributed by atoms with Crippen molar-refractivity contribution in [3.63, 3.8) is 0 Å². The fourth-order valence-corrected chi connectivity index (χ4v) is 0. The topological polar surface area (TPSA) is 125 Å². The molecule has 32 valence electrons. The van der Waals surface area contributed by atoms with Crippen LogP contribution in [0, 0.1) is 0 Å². The van der Waals surface area contributed by atoms with E-state index < -0.39 is 0 Å². The van der Waals surface area contributed by atoms with E-state index in [4.69, 9.17) is 0 Å². The van der Waals surface area contributed by atoms with E-state index in [0.29, 0.717) is 0 Å². The largest absolute Gasteiger partial charge is 3.00 e. The zero-order chi connectivity index (χ0) is 0. The van der Waals surface area contributed by atoms with Crippen LogP contribution in [0.15, 0.2) is 0 Å². The summed E-state index contributed by atoms with van der Waals surface area (Å²) in [5, 5.41) is 0. The Morgan fingerprint density at radius 2 is 1.00 bits per heavy atom. The van der Waals surface area contributed by atoms with Gasteiger partial charge in [0.1, 0.15) is 0 Å². The molecule has 0 aromatic heterocycles. The summed E-state index contributed by atoms with van der Waals surface area (Å²) in [6.45, 7) is 0. The molecular weight excluding hydrogens is 151 g/mol. The van der Waals surface area contributed by atoms with Crippen LogP contribution in [0.5, 0.6) is 0 Å². The zero-order valence-electron chi connectivity index (χ0n) is 2.64. The van der Waals surface area contributed by atoms with Crippen LogP contribution in [-0.2, 0) is 38.2 Å². The Kier molecular flexibility index (Phi) is 2810. The van der Waals surface area contributed by atoms with Gasteiger partial charge >= 0.3 is 32.7 Å². The van der Waals surface area contributed by atoms with Crippen molar-refractivity contribution in [1.82, 2.24) is 6.15 Å². The second-order valence-corrected chi connectivity index (χ2v) is 0. The van der Waals surface area contributed by atoms with Crippen molar-refractivity contribution in [3.8, 4) is 0 Å². The summed E-state index contributed by atoms with van der Waals surface area (Å²) in [4.78, 5) is 0. The van der Waals surface area contributed by atoms with Gasteiger partial charge in [-0.05, 0) is 0 Å². The average Bonchev–Trinajstić information content (AvgIpc) is 0. The van der Waals surface area contributed by atoms with Gasteiger partial charge in [0.2, 0.25) is 0 Å². The van der Waals surface area contributed by atoms with Crippen LogP contribution < -0.4 is 6.15 Å². The molecule has 6 N–H and O–H groups in total. The summed E-state index contributed by atoms with van der Waals surface area (Å²) in [5.74, 6) is 0. The Balaban J connectivity index is 0. The Morgan fingerprint density at radius 3 is 1.00 bits per heavy atom. The minimum Gasteiger partial charge on any atom is -2.00 e. The van der Waals surface area contributed by atoms with E-state index in [2.05, 4.69) is 0 Å². The molecule has 5 heteroatoms. The van der Waals surface area contributed by atoms with Crippen LogP contribution >= 0.6 is 0 Å². The molecule has 0 saturated carbocycles. The predicted octanol–water partition coefficient (Wildman–Crippen LogP) is -0.961. The molecule has 0 spiro atoms. The molecular formula is H6NO3Y. The Morgan fingerprint density at radius 1 is 1.00 bits per heavy atom. The third-order valence-electron chi connectivity index (χ3n) is 0. The maximum absolute atomic E-state index is 0. The molecule has 0 aliphatic rings. The third kappa shape index (κ3) is 48.1. The molecule has 0 rings (SSSR count). The van der Waals surface area contributed by atoms with Crippen LogP contribution in [0.2, 0.25) is 0 Å². The molecule has 0 aliphatic heterocycles. The van der Waals surface area contributed by atoms with Gasteiger partial charge in [-0.1, -0.05) is 0 Å². The Hall–Kier alpha value is 0.944. The first-order valence-electron chi connectivity index (χ1n) is 0. The summed E-state index contributed by atoms with van der Waals surface area (Å²) < 4.78 is 0. The molecule has 4 nitrogen and oxygen atoms in total. The van der Waals surface area contributed by atoms with E-state index in [1.165, 1.54) is 0 Å². The number of hydrogen-bond donors (Lipinski definition) is 1. The van der Waals surface area contributed by atoms with Crippen LogP contribution in [0.3, 0.4) is 0 Å². The van der Waals surface area contributed by atoms with E-state index in [-0.39, 0.29) is 55.3 Å². The van der Waals surface area contributed by atoms with Gasteiger partial charge in [-0.2, -0.15) is 0 Å². The SMILES string of the molecule is N.O.[O-2].[OH-].[Y+3]. The monoisotopic (exact) mass is 157 g/mol. The van der Waals surface area contributed by atoms with Crippen molar-refractivity contribution in [2.45, 2.75) is 0 Å². The van der Waals surface area contributed by atoms with Gasteiger partial charge in [-0.25, -0.2) is 0 Å². The summed E-state index contributed by atoms with van der Waals surface area (Å²) in [6.07, 6.45) is 0. The van der Waals surface area contributed by atoms with Crippen molar-refractivity contribution in [1.29, 1.82) is 0 Å². The van der Waals surface area contributed by atoms with Gasteiger partial charge in [0.25, 0.3) is 0 Å². The molecule has 0 bridgehead atoms. The van der Waals surface area contributed by atoms with E-state index in [1.807, 2.05) is 0 Å². The maximum Gasteiger partial charge on any atom is 3.00 e. The Bertz CT molecular complexity index is 6.85. The smallest absolute Gasteiger partial charge is 2.00 e. The third-order valence-corrected chi connectivity index (χ3v) is 0. The van der Waals surface area contributed by atoms with Gasteiger partial charge in [-0.15, -0.1) is 0 Å². The molecule has 0 aliphatic carbocycles. The van der Waals surface area contributed by atoms with Crippen molar-refractivity contribution in [2.75, 3.05) is 0 Å². The minimum atomic E-state index is 0. The number of rotatable bonds is 0. The summed E-state index contributed by atoms with van der Waals surface area (Å²) in [7, 11) is 0. The molecule has 0 atom stereocenters. The van der Waals surface area contributed by atoms with Crippen LogP contribution in [-0.4, -0.2) is 11.0 Å². The first-order chi connectivity index (χ1) is 0. The van der Waals surface area contributed by atoms with Crippen LogP contribution in [0.4, 0.5) is 0 Å². The molecule has 0 radical (unpaired) electrons. The molecule has 5 heavy (non-hydrogen) atoms. The Labute approximate surface area is 55.3 Å². The molecule has 0 saturated heterocycles. The average molecular weight is 157 g/mol. The standard InChI is InChI=1S/H3N.2H2O.O.Y/h1H3;2*1H2;;/q;;;-2;+3/p-1. The van der Waals surface area contributed by atoms with E-state index in [9.17, 15) is 0 Å². The molecule has 0 amide bonds. The molecule has 0 aromatic carbocycles. The van der Waals surface area contributed by atoms with Gasteiger partial charge in [0.05, 0.1) is 0 Å². The van der Waals surface area contributed by atoms with Crippen molar-refractivity contribution in [3.05, 3.63) is 0 Å². The molecule has 0 heterocycles. The first kappa shape index (κ1) is 163. The van der Waals surface area contributed by atoms with E-state index >= 15 is 0 Å². The van der Waals surface area contributed by atoms with Crippen molar-refractivity contribution in [2.24, 2.45) is 0 Å². The molecule has 0 aromatic rings. The predicted molar refractivity (Wildman–Crippen MR) is 11.3 cm³/mol. The second kappa shape index (κ2) is 86.3. The number of hydrogen-bond acceptors (Lipinski definition) is 2. The quantitative estimate of drug-likeness (QED) is 0.486. The van der Waals surface area contributed by atoms with Crippen LogP contribution in [0.1, 0.15) is 0 Å². The minimum absolute atomic E-state index is 0. The fraction of sp³-hybridized carbons (Fsp3) is 0. The van der Waals surface area contributed by atoms with Crippen molar-refractivity contribution >= 4 is 0 Å². The second-order valence-electron chi connectivity index (χ2n) is 0. The van der Waals surface area contributed by atoms with Gasteiger partial charge < -0.3 is 22.6 Å². The van der Waals surface area contributed by atoms with Crippen LogP contribution in [0.25, 0.3) is 0 Å². The van der Waals surface area contributed by atoms with Gasteiger partial charge in [-0.3, -0.25) is 0 Å². The first-order valence-corrected chi connectivity index (χ1v) is 0. The molecule has 0 fully saturated rings. The summed E-state index contributed by atoms with van der Waals surface area (Å²) >= 11 is 0. The fourth-order valence-electron chi connectivity index (χ4n) is 0. The zero-order valence-corrected chi connectivity index (χ0v) is 5.48.